The van der Waals surface area contributed by atoms with Crippen LogP contribution in [0.3, 0.4) is 0 Å². The molecule has 2 aromatic carbocycles. The lowest BCUT2D eigenvalue weighted by Gasteiger charge is -2.11. The summed E-state index contributed by atoms with van der Waals surface area (Å²) in [7, 11) is -1.02. The molecule has 0 atom stereocenters. The molecule has 26 heavy (non-hydrogen) atoms. The van der Waals surface area contributed by atoms with Gasteiger partial charge in [-0.2, -0.15) is 0 Å². The first-order valence-electron chi connectivity index (χ1n) is 7.27. The van der Waals surface area contributed by atoms with Crippen molar-refractivity contribution in [3.63, 3.8) is 0 Å². The molecule has 0 radical (unpaired) electrons. The van der Waals surface area contributed by atoms with Crippen LogP contribution in [-0.4, -0.2) is 41.7 Å². The number of rotatable bonds is 7. The molecule has 140 valence electrons. The van der Waals surface area contributed by atoms with Crippen molar-refractivity contribution in [1.82, 2.24) is 0 Å². The third kappa shape index (κ3) is 4.93. The maximum atomic E-state index is 14.0. The number of sulfone groups is 1. The standard InChI is InChI=1S/C17H17FO7S/c1-22-10-24-13-6-11(17(19)23-2)7-14(8-13)25-12-4-5-16(15(18)9-12)26(3,20)21/h4-9H,10H2,1-3H3. The molecule has 9 heteroatoms. The summed E-state index contributed by atoms with van der Waals surface area (Å²) in [6.45, 7) is -0.0538. The fraction of sp³-hybridized carbons (Fsp3) is 0.235. The molecule has 2 rings (SSSR count). The Balaban J connectivity index is 2.35. The zero-order valence-electron chi connectivity index (χ0n) is 14.3. The molecule has 0 unspecified atom stereocenters. The van der Waals surface area contributed by atoms with Crippen LogP contribution < -0.4 is 9.47 Å². The van der Waals surface area contributed by atoms with Crippen molar-refractivity contribution >= 4 is 15.8 Å². The number of methoxy groups -OCH3 is 2. The van der Waals surface area contributed by atoms with Crippen LogP contribution in [0.4, 0.5) is 4.39 Å². The van der Waals surface area contributed by atoms with Crippen LogP contribution in [0.1, 0.15) is 10.4 Å². The number of esters is 1. The van der Waals surface area contributed by atoms with Crippen LogP contribution in [0, 0.1) is 5.82 Å². The predicted molar refractivity (Wildman–Crippen MR) is 89.9 cm³/mol. The van der Waals surface area contributed by atoms with Crippen LogP contribution in [-0.2, 0) is 19.3 Å². The molecule has 2 aromatic rings. The van der Waals surface area contributed by atoms with Crippen LogP contribution in [0.2, 0.25) is 0 Å². The molecular formula is C17H17FO7S. The van der Waals surface area contributed by atoms with Gasteiger partial charge in [-0.15, -0.1) is 0 Å². The van der Waals surface area contributed by atoms with Gasteiger partial charge in [-0.3, -0.25) is 0 Å². The predicted octanol–water partition coefficient (Wildman–Crippen LogP) is 2.79. The lowest BCUT2D eigenvalue weighted by Crippen LogP contribution is -2.04. The molecule has 0 aliphatic heterocycles. The smallest absolute Gasteiger partial charge is 0.338 e. The van der Waals surface area contributed by atoms with Crippen molar-refractivity contribution in [2.24, 2.45) is 0 Å². The van der Waals surface area contributed by atoms with E-state index in [2.05, 4.69) is 4.74 Å². The van der Waals surface area contributed by atoms with Crippen LogP contribution in [0.25, 0.3) is 0 Å². The van der Waals surface area contributed by atoms with Crippen molar-refractivity contribution in [3.05, 3.63) is 47.8 Å². The molecule has 0 N–H and O–H groups in total. The second kappa shape index (κ2) is 8.15. The highest BCUT2D eigenvalue weighted by Crippen LogP contribution is 2.29. The molecule has 7 nitrogen and oxygen atoms in total. The van der Waals surface area contributed by atoms with E-state index in [0.29, 0.717) is 0 Å². The van der Waals surface area contributed by atoms with Gasteiger partial charge in [-0.05, 0) is 24.3 Å². The average Bonchev–Trinajstić information content (AvgIpc) is 2.58. The van der Waals surface area contributed by atoms with Gasteiger partial charge in [-0.1, -0.05) is 0 Å². The van der Waals surface area contributed by atoms with E-state index in [1.54, 1.807) is 0 Å². The van der Waals surface area contributed by atoms with Crippen molar-refractivity contribution in [2.75, 3.05) is 27.3 Å². The van der Waals surface area contributed by atoms with Gasteiger partial charge in [0.15, 0.2) is 16.6 Å². The van der Waals surface area contributed by atoms with E-state index in [-0.39, 0.29) is 29.6 Å². The van der Waals surface area contributed by atoms with Crippen LogP contribution >= 0.6 is 0 Å². The summed E-state index contributed by atoms with van der Waals surface area (Å²) in [6.07, 6.45) is 0.908. The number of carbonyl (C=O) groups is 1. The SMILES string of the molecule is COCOc1cc(Oc2ccc(S(C)(=O)=O)c(F)c2)cc(C(=O)OC)c1. The van der Waals surface area contributed by atoms with Gasteiger partial charge in [0.25, 0.3) is 0 Å². The molecule has 0 aliphatic rings. The van der Waals surface area contributed by atoms with Gasteiger partial charge in [0.05, 0.1) is 12.7 Å². The second-order valence-electron chi connectivity index (χ2n) is 5.20. The molecule has 0 bridgehead atoms. The zero-order chi connectivity index (χ0) is 19.3. The van der Waals surface area contributed by atoms with Crippen LogP contribution in [0.15, 0.2) is 41.3 Å². The maximum absolute atomic E-state index is 14.0. The van der Waals surface area contributed by atoms with Gasteiger partial charge in [-0.25, -0.2) is 17.6 Å². The lowest BCUT2D eigenvalue weighted by molar-refractivity contribution is 0.0502. The highest BCUT2D eigenvalue weighted by molar-refractivity contribution is 7.90. The molecule has 0 saturated heterocycles. The van der Waals surface area contributed by atoms with Crippen molar-refractivity contribution in [2.45, 2.75) is 4.90 Å². The van der Waals surface area contributed by atoms with Crippen molar-refractivity contribution in [1.29, 1.82) is 0 Å². The van der Waals surface area contributed by atoms with E-state index >= 15 is 0 Å². The number of ether oxygens (including phenoxy) is 4. The van der Waals surface area contributed by atoms with E-state index < -0.39 is 26.5 Å². The summed E-state index contributed by atoms with van der Waals surface area (Å²) < 4.78 is 57.2. The molecule has 0 saturated carbocycles. The highest BCUT2D eigenvalue weighted by atomic mass is 32.2. The summed E-state index contributed by atoms with van der Waals surface area (Å²) in [6, 6.07) is 7.64. The topological polar surface area (TPSA) is 88.1 Å². The normalized spacial score (nSPS) is 11.1. The zero-order valence-corrected chi connectivity index (χ0v) is 15.1. The van der Waals surface area contributed by atoms with Crippen molar-refractivity contribution < 1.29 is 36.6 Å². The first-order valence-corrected chi connectivity index (χ1v) is 9.16. The molecule has 0 aromatic heterocycles. The van der Waals surface area contributed by atoms with E-state index in [1.807, 2.05) is 0 Å². The molecule has 0 spiro atoms. The Hall–Kier alpha value is -2.65. The minimum atomic E-state index is -3.69. The summed E-state index contributed by atoms with van der Waals surface area (Å²) in [5.41, 5.74) is 0.157. The van der Waals surface area contributed by atoms with Gasteiger partial charge in [0.2, 0.25) is 0 Å². The number of halogens is 1. The number of carbonyl (C=O) groups excluding carboxylic acids is 1. The number of benzene rings is 2. The van der Waals surface area contributed by atoms with E-state index in [9.17, 15) is 17.6 Å². The van der Waals surface area contributed by atoms with Crippen molar-refractivity contribution in [3.8, 4) is 17.2 Å². The Morgan fingerprint density at radius 2 is 1.73 bits per heavy atom. The molecule has 0 amide bonds. The first kappa shape index (κ1) is 19.7. The van der Waals surface area contributed by atoms with Gasteiger partial charge in [0, 0.05) is 25.5 Å². The largest absolute Gasteiger partial charge is 0.467 e. The quantitative estimate of drug-likeness (QED) is 0.536. The minimum Gasteiger partial charge on any atom is -0.467 e. The fourth-order valence-electron chi connectivity index (χ4n) is 2.06. The summed E-state index contributed by atoms with van der Waals surface area (Å²) in [5, 5.41) is 0. The molecule has 0 aliphatic carbocycles. The van der Waals surface area contributed by atoms with Gasteiger partial charge >= 0.3 is 5.97 Å². The maximum Gasteiger partial charge on any atom is 0.338 e. The lowest BCUT2D eigenvalue weighted by atomic mass is 10.2. The third-order valence-electron chi connectivity index (χ3n) is 3.18. The van der Waals surface area contributed by atoms with Gasteiger partial charge < -0.3 is 18.9 Å². The van der Waals surface area contributed by atoms with E-state index in [1.165, 1.54) is 38.5 Å². The fourth-order valence-corrected chi connectivity index (χ4v) is 2.79. The Labute approximate surface area is 150 Å². The Morgan fingerprint density at radius 1 is 1.04 bits per heavy atom. The first-order chi connectivity index (χ1) is 12.2. The Kier molecular flexibility index (Phi) is 6.17. The molecular weight excluding hydrogens is 367 g/mol. The summed E-state index contributed by atoms with van der Waals surface area (Å²) >= 11 is 0. The van der Waals surface area contributed by atoms with Gasteiger partial charge in [0.1, 0.15) is 28.0 Å². The average molecular weight is 384 g/mol. The number of hydrogen-bond donors (Lipinski definition) is 0. The second-order valence-corrected chi connectivity index (χ2v) is 7.19. The Morgan fingerprint density at radius 3 is 2.31 bits per heavy atom. The van der Waals surface area contributed by atoms with E-state index in [0.717, 1.165) is 18.4 Å². The summed E-state index contributed by atoms with van der Waals surface area (Å²) in [4.78, 5) is 11.3. The highest BCUT2D eigenvalue weighted by Gasteiger charge is 2.16. The van der Waals surface area contributed by atoms with Crippen LogP contribution in [0.5, 0.6) is 17.2 Å². The molecule has 0 fully saturated rings. The number of hydrogen-bond acceptors (Lipinski definition) is 7. The monoisotopic (exact) mass is 384 g/mol. The third-order valence-corrected chi connectivity index (χ3v) is 4.31. The summed E-state index contributed by atoms with van der Waals surface area (Å²) in [5.74, 6) is -1.06. The van der Waals surface area contributed by atoms with E-state index in [4.69, 9.17) is 14.2 Å². The Bertz CT molecular complexity index is 909. The molecule has 0 heterocycles. The minimum absolute atomic E-state index is 0.0506.